The topological polar surface area (TPSA) is 27.7 Å². The molecule has 0 aliphatic carbocycles. The summed E-state index contributed by atoms with van der Waals surface area (Å²) in [6.07, 6.45) is 2.81. The van der Waals surface area contributed by atoms with Crippen LogP contribution in [0, 0.1) is 17.8 Å². The van der Waals surface area contributed by atoms with Gasteiger partial charge >= 0.3 is 21.4 Å². The van der Waals surface area contributed by atoms with E-state index >= 15 is 0 Å². The van der Waals surface area contributed by atoms with Gasteiger partial charge in [0.25, 0.3) is 0 Å². The highest BCUT2D eigenvalue weighted by Crippen LogP contribution is 2.22. The highest BCUT2D eigenvalue weighted by molar-refractivity contribution is 6.73. The fraction of sp³-hybridized carbons (Fsp3) is 1.00. The first kappa shape index (κ1) is 16.1. The van der Waals surface area contributed by atoms with Crippen molar-refractivity contribution < 1.29 is 13.7 Å². The average molecular weight is 252 g/mol. The van der Waals surface area contributed by atoms with Crippen LogP contribution in [0.4, 0.5) is 0 Å². The lowest BCUT2D eigenvalue weighted by Gasteiger charge is -2.33. The second kappa shape index (κ2) is 7.61. The summed E-state index contributed by atoms with van der Waals surface area (Å²) in [5, 5.41) is 0. The van der Waals surface area contributed by atoms with Gasteiger partial charge in [0.1, 0.15) is 0 Å². The molecule has 0 N–H and O–H groups in total. The molecule has 1 heterocycles. The minimum Gasteiger partial charge on any atom is -0.453 e. The van der Waals surface area contributed by atoms with E-state index in [2.05, 4.69) is 41.5 Å². The summed E-state index contributed by atoms with van der Waals surface area (Å²) < 4.78 is 17.6. The van der Waals surface area contributed by atoms with Crippen molar-refractivity contribution in [1.29, 1.82) is 0 Å². The highest BCUT2D eigenvalue weighted by Gasteiger charge is 2.40. The molecular weight excluding hydrogens is 225 g/mol. The minimum atomic E-state index is -0.105. The number of hydrogen-bond acceptors (Lipinski definition) is 3. The van der Waals surface area contributed by atoms with Gasteiger partial charge in [-0.15, -0.1) is 0 Å². The van der Waals surface area contributed by atoms with E-state index in [9.17, 15) is 0 Å². The quantitative estimate of drug-likeness (QED) is 0.677. The number of hydrogen-bond donors (Lipinski definition) is 0. The van der Waals surface area contributed by atoms with Crippen molar-refractivity contribution in [3.8, 4) is 0 Å². The second-order valence-electron chi connectivity index (χ2n) is 6.59. The summed E-state index contributed by atoms with van der Waals surface area (Å²) in [5.74, 6) is 1.73. The zero-order chi connectivity index (χ0) is 13.7. The fourth-order valence-corrected chi connectivity index (χ4v) is 2.09. The third-order valence-corrected chi connectivity index (χ3v) is 2.90. The Morgan fingerprint density at radius 1 is 0.556 bits per heavy atom. The van der Waals surface area contributed by atoms with Gasteiger partial charge in [-0.3, -0.25) is 0 Å². The van der Waals surface area contributed by atoms with E-state index in [-0.39, 0.29) is 21.4 Å². The Bertz CT molecular complexity index is 193. The van der Waals surface area contributed by atoms with Crippen LogP contribution in [0.25, 0.3) is 0 Å². The molecule has 102 valence electrons. The molecule has 0 amide bonds. The number of rotatable bonds is 6. The molecule has 1 aliphatic heterocycles. The van der Waals surface area contributed by atoms with Crippen molar-refractivity contribution in [1.82, 2.24) is 0 Å². The highest BCUT2D eigenvalue weighted by atomic mass is 16.7. The first-order chi connectivity index (χ1) is 8.36. The Kier molecular flexibility index (Phi) is 6.82. The molecule has 1 fully saturated rings. The molecule has 0 aromatic rings. The minimum absolute atomic E-state index is 0.105. The first-order valence-corrected chi connectivity index (χ1v) is 7.33. The Labute approximate surface area is 114 Å². The summed E-state index contributed by atoms with van der Waals surface area (Å²) in [6.45, 7) is 13.1. The van der Waals surface area contributed by atoms with Crippen molar-refractivity contribution in [3.05, 3.63) is 0 Å². The molecule has 1 aliphatic rings. The van der Waals surface area contributed by atoms with Crippen LogP contribution in [-0.2, 0) is 13.7 Å². The van der Waals surface area contributed by atoms with E-state index in [0.717, 1.165) is 19.0 Å². The molecule has 1 rings (SSSR count). The third kappa shape index (κ3) is 6.30. The molecule has 18 heavy (non-hydrogen) atoms. The Morgan fingerprint density at radius 2 is 0.778 bits per heavy atom. The standard InChI is InChI=1S/C12H27B3O3/c1-10(2)7-13-16-14(8-11(3)4)18-15(17-13)9-12(5)6/h10-12H,7-9H2,1-6H3. The van der Waals surface area contributed by atoms with Crippen LogP contribution in [0.3, 0.4) is 0 Å². The van der Waals surface area contributed by atoms with Crippen LogP contribution < -0.4 is 0 Å². The van der Waals surface area contributed by atoms with E-state index in [1.165, 1.54) is 0 Å². The molecule has 1 saturated heterocycles. The van der Waals surface area contributed by atoms with Crippen molar-refractivity contribution in [2.45, 2.75) is 60.5 Å². The van der Waals surface area contributed by atoms with Crippen LogP contribution in [0.2, 0.25) is 19.0 Å². The zero-order valence-corrected chi connectivity index (χ0v) is 12.8. The van der Waals surface area contributed by atoms with E-state index < -0.39 is 0 Å². The van der Waals surface area contributed by atoms with Gasteiger partial charge in [0.15, 0.2) is 0 Å². The maximum Gasteiger partial charge on any atom is 0.429 e. The molecule has 0 aromatic heterocycles. The van der Waals surface area contributed by atoms with Crippen molar-refractivity contribution >= 4 is 21.4 Å². The predicted molar refractivity (Wildman–Crippen MR) is 79.5 cm³/mol. The molecule has 0 saturated carbocycles. The summed E-state index contributed by atoms with van der Waals surface area (Å²) in [5.41, 5.74) is 0. The summed E-state index contributed by atoms with van der Waals surface area (Å²) in [7, 11) is -0.316. The fourth-order valence-electron chi connectivity index (χ4n) is 2.09. The van der Waals surface area contributed by atoms with E-state index in [1.54, 1.807) is 0 Å². The van der Waals surface area contributed by atoms with Crippen LogP contribution in [0.15, 0.2) is 0 Å². The molecule has 6 heteroatoms. The predicted octanol–water partition coefficient (Wildman–Crippen LogP) is 3.48. The van der Waals surface area contributed by atoms with Gasteiger partial charge in [-0.05, 0) is 36.7 Å². The largest absolute Gasteiger partial charge is 0.453 e. The first-order valence-electron chi connectivity index (χ1n) is 7.33. The van der Waals surface area contributed by atoms with Gasteiger partial charge in [0, 0.05) is 0 Å². The molecule has 0 atom stereocenters. The maximum atomic E-state index is 5.88. The lowest BCUT2D eigenvalue weighted by atomic mass is 9.62. The van der Waals surface area contributed by atoms with Gasteiger partial charge in [0.05, 0.1) is 0 Å². The van der Waals surface area contributed by atoms with Crippen LogP contribution in [0.1, 0.15) is 41.5 Å². The zero-order valence-electron chi connectivity index (χ0n) is 12.8. The van der Waals surface area contributed by atoms with Gasteiger partial charge < -0.3 is 13.7 Å². The lowest BCUT2D eigenvalue weighted by Crippen LogP contribution is -2.50. The van der Waals surface area contributed by atoms with Gasteiger partial charge in [0.2, 0.25) is 0 Å². The summed E-state index contributed by atoms with van der Waals surface area (Å²) >= 11 is 0. The van der Waals surface area contributed by atoms with E-state index in [4.69, 9.17) is 13.7 Å². The summed E-state index contributed by atoms with van der Waals surface area (Å²) in [4.78, 5) is 0. The third-order valence-electron chi connectivity index (χ3n) is 2.90. The van der Waals surface area contributed by atoms with E-state index in [1.807, 2.05) is 0 Å². The Hall–Kier alpha value is 0.0748. The molecule has 0 aromatic carbocycles. The maximum absolute atomic E-state index is 5.88. The van der Waals surface area contributed by atoms with Gasteiger partial charge in [-0.25, -0.2) is 0 Å². The Morgan fingerprint density at radius 3 is 0.944 bits per heavy atom. The molecule has 0 radical (unpaired) electrons. The molecule has 0 bridgehead atoms. The van der Waals surface area contributed by atoms with Crippen molar-refractivity contribution in [2.75, 3.05) is 0 Å². The molecular formula is C12H27B3O3. The molecule has 0 unspecified atom stereocenters. The van der Waals surface area contributed by atoms with Gasteiger partial charge in [-0.2, -0.15) is 0 Å². The Balaban J connectivity index is 2.54. The monoisotopic (exact) mass is 252 g/mol. The van der Waals surface area contributed by atoms with Crippen LogP contribution >= 0.6 is 0 Å². The normalized spacial score (nSPS) is 17.5. The van der Waals surface area contributed by atoms with Crippen LogP contribution in [-0.4, -0.2) is 21.4 Å². The molecule has 0 spiro atoms. The van der Waals surface area contributed by atoms with Crippen molar-refractivity contribution in [3.63, 3.8) is 0 Å². The average Bonchev–Trinajstić information content (AvgIpc) is 2.12. The second-order valence-corrected chi connectivity index (χ2v) is 6.59. The van der Waals surface area contributed by atoms with Crippen LogP contribution in [0.5, 0.6) is 0 Å². The summed E-state index contributed by atoms with van der Waals surface area (Å²) in [6, 6.07) is 0. The van der Waals surface area contributed by atoms with Crippen molar-refractivity contribution in [2.24, 2.45) is 17.8 Å². The van der Waals surface area contributed by atoms with Gasteiger partial charge in [-0.1, -0.05) is 41.5 Å². The molecule has 3 nitrogen and oxygen atoms in total. The van der Waals surface area contributed by atoms with E-state index in [0.29, 0.717) is 17.8 Å². The SMILES string of the molecule is CC(C)CB1OB(CC(C)C)OB(CC(C)C)O1. The smallest absolute Gasteiger partial charge is 0.429 e. The lowest BCUT2D eigenvalue weighted by molar-refractivity contribution is 0.267.